The molecule has 2 amide bonds. The number of hydrogen-bond acceptors (Lipinski definition) is 4. The molecular weight excluding hydrogens is 366 g/mol. The predicted octanol–water partition coefficient (Wildman–Crippen LogP) is 3.42. The molecule has 0 heterocycles. The highest BCUT2D eigenvalue weighted by Gasteiger charge is 2.25. The van der Waals surface area contributed by atoms with Crippen LogP contribution in [0.2, 0.25) is 0 Å². The number of fused-ring (bicyclic) bond motifs is 2. The number of benzene rings is 2. The van der Waals surface area contributed by atoms with E-state index in [1.807, 2.05) is 0 Å². The van der Waals surface area contributed by atoms with Crippen LogP contribution in [-0.4, -0.2) is 15.2 Å². The van der Waals surface area contributed by atoms with Gasteiger partial charge in [-0.05, 0) is 72.9 Å². The van der Waals surface area contributed by atoms with Crippen LogP contribution in [0.3, 0.4) is 0 Å². The Morgan fingerprint density at radius 2 is 1.59 bits per heavy atom. The number of nitrogens with one attached hydrogen (secondary N) is 2. The maximum Gasteiger partial charge on any atom is 0.331 e. The Hall–Kier alpha value is -2.74. The van der Waals surface area contributed by atoms with Crippen LogP contribution in [-0.2, 0) is 36.7 Å². The van der Waals surface area contributed by atoms with Gasteiger partial charge in [0.25, 0.3) is 5.69 Å². The Balaban J connectivity index is 1.50. The van der Waals surface area contributed by atoms with E-state index in [-0.39, 0.29) is 5.69 Å². The minimum Gasteiger partial charge on any atom is -0.307 e. The van der Waals surface area contributed by atoms with Gasteiger partial charge in [-0.15, -0.1) is 0 Å². The number of carbonyl (C=O) groups excluding carboxylic acids is 1. The van der Waals surface area contributed by atoms with Crippen LogP contribution in [0, 0.1) is 10.1 Å². The molecule has 0 saturated carbocycles. The fourth-order valence-corrected chi connectivity index (χ4v) is 4.66. The van der Waals surface area contributed by atoms with Gasteiger partial charge in [0.2, 0.25) is 0 Å². The van der Waals surface area contributed by atoms with Crippen molar-refractivity contribution in [1.82, 2.24) is 4.72 Å². The number of aryl methyl sites for hydroxylation is 2. The minimum atomic E-state index is -1.79. The quantitative estimate of drug-likeness (QED) is 0.622. The lowest BCUT2D eigenvalue weighted by molar-refractivity contribution is -0.384. The molecule has 0 aromatic heterocycles. The van der Waals surface area contributed by atoms with E-state index in [0.29, 0.717) is 4.90 Å². The predicted molar refractivity (Wildman–Crippen MR) is 102 cm³/mol. The number of rotatable bonds is 4. The van der Waals surface area contributed by atoms with Crippen molar-refractivity contribution in [1.29, 1.82) is 0 Å². The number of anilines is 1. The maximum absolute atomic E-state index is 12.4. The van der Waals surface area contributed by atoms with Crippen LogP contribution in [0.25, 0.3) is 0 Å². The van der Waals surface area contributed by atoms with Crippen molar-refractivity contribution in [3.63, 3.8) is 0 Å². The van der Waals surface area contributed by atoms with Crippen LogP contribution in [0.1, 0.15) is 35.1 Å². The molecule has 7 nitrogen and oxygen atoms in total. The molecule has 0 radical (unpaired) electrons. The Kier molecular flexibility index (Phi) is 4.65. The van der Waals surface area contributed by atoms with Crippen molar-refractivity contribution in [2.75, 3.05) is 5.32 Å². The average Bonchev–Trinajstić information content (AvgIpc) is 3.30. The van der Waals surface area contributed by atoms with Gasteiger partial charge < -0.3 is 5.32 Å². The molecule has 0 aliphatic heterocycles. The highest BCUT2D eigenvalue weighted by Crippen LogP contribution is 2.38. The van der Waals surface area contributed by atoms with Gasteiger partial charge in [0.1, 0.15) is 0 Å². The fourth-order valence-electron chi connectivity index (χ4n) is 3.94. The third-order valence-electron chi connectivity index (χ3n) is 5.16. The molecule has 0 bridgehead atoms. The smallest absolute Gasteiger partial charge is 0.307 e. The number of nitro benzene ring substituents is 1. The molecule has 2 aliphatic rings. The van der Waals surface area contributed by atoms with E-state index in [0.717, 1.165) is 44.2 Å². The van der Waals surface area contributed by atoms with E-state index in [4.69, 9.17) is 0 Å². The van der Waals surface area contributed by atoms with Crippen LogP contribution in [0.4, 0.5) is 16.2 Å². The molecule has 0 saturated heterocycles. The normalized spacial score (nSPS) is 15.7. The Bertz CT molecular complexity index is 924. The molecular formula is C19H19N3O4S. The molecule has 2 aromatic carbocycles. The first kappa shape index (κ1) is 17.7. The van der Waals surface area contributed by atoms with Crippen LogP contribution in [0.15, 0.2) is 35.2 Å². The highest BCUT2D eigenvalue weighted by atomic mass is 32.2. The second-order valence-corrected chi connectivity index (χ2v) is 8.02. The molecule has 2 aromatic rings. The van der Waals surface area contributed by atoms with Gasteiger partial charge in [0.15, 0.2) is 11.0 Å². The zero-order valence-corrected chi connectivity index (χ0v) is 15.4. The number of nitro groups is 1. The summed E-state index contributed by atoms with van der Waals surface area (Å²) in [4.78, 5) is 22.9. The largest absolute Gasteiger partial charge is 0.331 e. The van der Waals surface area contributed by atoms with Crippen molar-refractivity contribution in [2.24, 2.45) is 0 Å². The van der Waals surface area contributed by atoms with Crippen molar-refractivity contribution in [3.05, 3.63) is 62.7 Å². The van der Waals surface area contributed by atoms with Crippen LogP contribution >= 0.6 is 0 Å². The standard InChI is InChI=1S/C19H19N3O4S/c23-19(21-27(26)15-9-7-14(8-10-15)22(24)25)20-18-16-5-1-3-12(16)11-13-4-2-6-17(13)18/h7-11H,1-6H2,(H2,20,21,23). The van der Waals surface area contributed by atoms with Gasteiger partial charge in [-0.3, -0.25) is 14.8 Å². The Morgan fingerprint density at radius 3 is 2.15 bits per heavy atom. The lowest BCUT2D eigenvalue weighted by Gasteiger charge is -2.16. The lowest BCUT2D eigenvalue weighted by Crippen LogP contribution is -2.31. The molecule has 1 unspecified atom stereocenters. The van der Waals surface area contributed by atoms with Crippen molar-refractivity contribution < 1.29 is 13.9 Å². The summed E-state index contributed by atoms with van der Waals surface area (Å²) in [5.41, 5.74) is 5.81. The second-order valence-electron chi connectivity index (χ2n) is 6.81. The van der Waals surface area contributed by atoms with E-state index in [2.05, 4.69) is 16.1 Å². The summed E-state index contributed by atoms with van der Waals surface area (Å²) >= 11 is 0. The summed E-state index contributed by atoms with van der Waals surface area (Å²) in [7, 11) is -1.79. The Morgan fingerprint density at radius 1 is 1.00 bits per heavy atom. The average molecular weight is 385 g/mol. The maximum atomic E-state index is 12.4. The monoisotopic (exact) mass is 385 g/mol. The molecule has 2 aliphatic carbocycles. The molecule has 1 atom stereocenters. The van der Waals surface area contributed by atoms with E-state index < -0.39 is 21.9 Å². The van der Waals surface area contributed by atoms with Crippen LogP contribution < -0.4 is 10.0 Å². The first-order valence-electron chi connectivity index (χ1n) is 8.93. The molecule has 0 spiro atoms. The van der Waals surface area contributed by atoms with Gasteiger partial charge in [-0.2, -0.15) is 0 Å². The van der Waals surface area contributed by atoms with E-state index >= 15 is 0 Å². The van der Waals surface area contributed by atoms with Gasteiger partial charge in [0.05, 0.1) is 9.82 Å². The van der Waals surface area contributed by atoms with Gasteiger partial charge in [-0.1, -0.05) is 6.07 Å². The number of nitrogens with zero attached hydrogens (tertiary/aromatic N) is 1. The molecule has 0 fully saturated rings. The summed E-state index contributed by atoms with van der Waals surface area (Å²) in [5.74, 6) is 0. The van der Waals surface area contributed by atoms with Gasteiger partial charge >= 0.3 is 6.03 Å². The molecule has 4 rings (SSSR count). The van der Waals surface area contributed by atoms with Gasteiger partial charge in [0, 0.05) is 17.8 Å². The third kappa shape index (κ3) is 3.44. The van der Waals surface area contributed by atoms with Crippen molar-refractivity contribution in [2.45, 2.75) is 43.4 Å². The summed E-state index contributed by atoms with van der Waals surface area (Å²) in [6.07, 6.45) is 6.14. The number of urea groups is 1. The van der Waals surface area contributed by atoms with Gasteiger partial charge in [-0.25, -0.2) is 9.00 Å². The first-order valence-corrected chi connectivity index (χ1v) is 10.1. The number of non-ortho nitro benzene ring substituents is 1. The number of amides is 2. The summed E-state index contributed by atoms with van der Waals surface area (Å²) < 4.78 is 14.8. The second kappa shape index (κ2) is 7.11. The summed E-state index contributed by atoms with van der Waals surface area (Å²) in [6, 6.07) is 7.05. The molecule has 140 valence electrons. The number of carbonyl (C=O) groups is 1. The number of hydrogen-bond donors (Lipinski definition) is 2. The third-order valence-corrected chi connectivity index (χ3v) is 6.23. The minimum absolute atomic E-state index is 0.0874. The zero-order chi connectivity index (χ0) is 19.0. The molecule has 2 N–H and O–H groups in total. The van der Waals surface area contributed by atoms with E-state index in [9.17, 15) is 19.1 Å². The van der Waals surface area contributed by atoms with Crippen LogP contribution in [0.5, 0.6) is 0 Å². The highest BCUT2D eigenvalue weighted by molar-refractivity contribution is 7.83. The van der Waals surface area contributed by atoms with Crippen molar-refractivity contribution in [3.8, 4) is 0 Å². The lowest BCUT2D eigenvalue weighted by atomic mass is 9.99. The topological polar surface area (TPSA) is 101 Å². The molecule has 8 heteroatoms. The first-order chi connectivity index (χ1) is 13.0. The summed E-state index contributed by atoms with van der Waals surface area (Å²) in [5, 5.41) is 13.6. The fraction of sp³-hybridized carbons (Fsp3) is 0.316. The van der Waals surface area contributed by atoms with E-state index in [1.165, 1.54) is 46.5 Å². The van der Waals surface area contributed by atoms with Crippen molar-refractivity contribution >= 4 is 28.4 Å². The zero-order valence-electron chi connectivity index (χ0n) is 14.6. The molecule has 27 heavy (non-hydrogen) atoms. The van der Waals surface area contributed by atoms with E-state index in [1.54, 1.807) is 0 Å². The summed E-state index contributed by atoms with van der Waals surface area (Å²) in [6.45, 7) is 0. The SMILES string of the molecule is O=C(Nc1c2c(cc3c1CCC3)CCC2)NS(=O)c1ccc([N+](=O)[O-])cc1. The Labute approximate surface area is 158 Å².